The smallest absolute Gasteiger partial charge is 0.339 e. The van der Waals surface area contributed by atoms with Crippen molar-refractivity contribution in [1.82, 2.24) is 4.90 Å². The minimum Gasteiger partial charge on any atom is -0.493 e. The molecular formula is C25H19IN2O8S2. The summed E-state index contributed by atoms with van der Waals surface area (Å²) in [6, 6.07) is 14.9. The quantitative estimate of drug-likeness (QED) is 0.100. The van der Waals surface area contributed by atoms with Crippen LogP contribution in [-0.2, 0) is 21.5 Å². The van der Waals surface area contributed by atoms with Crippen molar-refractivity contribution in [2.24, 2.45) is 0 Å². The summed E-state index contributed by atoms with van der Waals surface area (Å²) in [6.07, 6.45) is 1.53. The van der Waals surface area contributed by atoms with E-state index in [1.807, 2.05) is 53.8 Å². The lowest BCUT2D eigenvalue weighted by Gasteiger charge is -2.14. The summed E-state index contributed by atoms with van der Waals surface area (Å²) >= 11 is 2.68. The van der Waals surface area contributed by atoms with Crippen LogP contribution in [0.5, 0.6) is 11.5 Å². The van der Waals surface area contributed by atoms with Gasteiger partial charge in [-0.2, -0.15) is 8.42 Å². The third kappa shape index (κ3) is 6.00. The highest BCUT2D eigenvalue weighted by Gasteiger charge is 2.35. The van der Waals surface area contributed by atoms with Crippen LogP contribution in [0.3, 0.4) is 0 Å². The van der Waals surface area contributed by atoms with Crippen LogP contribution in [0.2, 0.25) is 0 Å². The van der Waals surface area contributed by atoms with Gasteiger partial charge < -0.3 is 8.92 Å². The van der Waals surface area contributed by atoms with Gasteiger partial charge in [-0.3, -0.25) is 24.6 Å². The van der Waals surface area contributed by atoms with Crippen LogP contribution in [0.15, 0.2) is 70.5 Å². The van der Waals surface area contributed by atoms with Crippen LogP contribution >= 0.6 is 34.4 Å². The topological polar surface area (TPSA) is 133 Å². The summed E-state index contributed by atoms with van der Waals surface area (Å²) in [5.41, 5.74) is 2.08. The highest BCUT2D eigenvalue weighted by molar-refractivity contribution is 14.1. The molecule has 0 N–H and O–H groups in total. The van der Waals surface area contributed by atoms with E-state index in [9.17, 15) is 28.1 Å². The number of rotatable bonds is 8. The maximum atomic E-state index is 13.0. The summed E-state index contributed by atoms with van der Waals surface area (Å²) in [5.74, 6) is -0.444. The van der Waals surface area contributed by atoms with Gasteiger partial charge in [-0.1, -0.05) is 29.8 Å². The second-order valence-electron chi connectivity index (χ2n) is 8.08. The molecule has 1 fully saturated rings. The number of benzene rings is 3. The van der Waals surface area contributed by atoms with E-state index >= 15 is 0 Å². The van der Waals surface area contributed by atoms with Gasteiger partial charge in [0, 0.05) is 12.1 Å². The molecule has 13 heteroatoms. The van der Waals surface area contributed by atoms with Crippen molar-refractivity contribution in [2.75, 3.05) is 7.11 Å². The van der Waals surface area contributed by atoms with Gasteiger partial charge in [0.1, 0.15) is 4.90 Å². The largest absolute Gasteiger partial charge is 0.493 e. The molecule has 3 aromatic rings. The Morgan fingerprint density at radius 1 is 1.11 bits per heavy atom. The Morgan fingerprint density at radius 2 is 1.82 bits per heavy atom. The first-order valence-electron chi connectivity index (χ1n) is 10.9. The molecule has 10 nitrogen and oxygen atoms in total. The molecule has 0 bridgehead atoms. The Balaban J connectivity index is 1.58. The van der Waals surface area contributed by atoms with Gasteiger partial charge in [-0.25, -0.2) is 0 Å². The van der Waals surface area contributed by atoms with Gasteiger partial charge >= 0.3 is 10.1 Å². The number of nitrogens with zero attached hydrogens (tertiary/aromatic N) is 2. The average molecular weight is 666 g/mol. The highest BCUT2D eigenvalue weighted by atomic mass is 127. The molecule has 0 spiro atoms. The third-order valence-electron chi connectivity index (χ3n) is 5.38. The summed E-state index contributed by atoms with van der Waals surface area (Å²) in [6.45, 7) is 2.08. The lowest BCUT2D eigenvalue weighted by Crippen LogP contribution is -2.27. The van der Waals surface area contributed by atoms with Crippen molar-refractivity contribution in [3.8, 4) is 11.5 Å². The molecule has 0 atom stereocenters. The number of aryl methyl sites for hydroxylation is 1. The molecular weight excluding hydrogens is 647 g/mol. The van der Waals surface area contributed by atoms with Crippen molar-refractivity contribution in [3.63, 3.8) is 0 Å². The van der Waals surface area contributed by atoms with E-state index in [1.54, 1.807) is 6.07 Å². The molecule has 38 heavy (non-hydrogen) atoms. The Bertz CT molecular complexity index is 1590. The molecule has 4 rings (SSSR count). The highest BCUT2D eigenvalue weighted by Crippen LogP contribution is 2.39. The number of carbonyl (C=O) groups excluding carboxylic acids is 2. The van der Waals surface area contributed by atoms with Crippen LogP contribution in [0.1, 0.15) is 16.7 Å². The molecule has 196 valence electrons. The van der Waals surface area contributed by atoms with Gasteiger partial charge in [0.2, 0.25) is 0 Å². The number of amides is 2. The van der Waals surface area contributed by atoms with Crippen molar-refractivity contribution in [3.05, 3.63) is 95.9 Å². The molecule has 0 saturated carbocycles. The predicted molar refractivity (Wildman–Crippen MR) is 149 cm³/mol. The fourth-order valence-electron chi connectivity index (χ4n) is 3.58. The van der Waals surface area contributed by atoms with E-state index in [-0.39, 0.29) is 33.5 Å². The number of hydrogen-bond donors (Lipinski definition) is 0. The third-order valence-corrected chi connectivity index (χ3v) is 8.32. The molecule has 1 aliphatic rings. The van der Waals surface area contributed by atoms with E-state index in [1.165, 1.54) is 24.2 Å². The summed E-state index contributed by atoms with van der Waals surface area (Å²) in [7, 11) is -3.01. The molecule has 1 heterocycles. The van der Waals surface area contributed by atoms with Crippen LogP contribution < -0.4 is 8.92 Å². The first-order valence-corrected chi connectivity index (χ1v) is 14.2. The minimum absolute atomic E-state index is 0.0765. The van der Waals surface area contributed by atoms with E-state index in [0.717, 1.165) is 47.2 Å². The van der Waals surface area contributed by atoms with E-state index in [0.29, 0.717) is 9.13 Å². The molecule has 0 radical (unpaired) electrons. The maximum absolute atomic E-state index is 13.0. The molecule has 0 aromatic heterocycles. The number of halogens is 1. The number of nitro benzene ring substituents is 1. The van der Waals surface area contributed by atoms with Crippen molar-refractivity contribution in [1.29, 1.82) is 0 Å². The maximum Gasteiger partial charge on any atom is 0.339 e. The number of imide groups is 1. The number of thioether (sulfide) groups is 1. The number of nitro groups is 1. The Labute approximate surface area is 236 Å². The zero-order valence-corrected chi connectivity index (χ0v) is 23.7. The molecule has 0 unspecified atom stereocenters. The van der Waals surface area contributed by atoms with Crippen LogP contribution in [-0.4, -0.2) is 36.5 Å². The first kappa shape index (κ1) is 27.6. The molecule has 0 aliphatic carbocycles. The van der Waals surface area contributed by atoms with Crippen molar-refractivity contribution in [2.45, 2.75) is 18.4 Å². The van der Waals surface area contributed by atoms with Crippen LogP contribution in [0.25, 0.3) is 6.08 Å². The predicted octanol–water partition coefficient (Wildman–Crippen LogP) is 5.52. The fourth-order valence-corrected chi connectivity index (χ4v) is 6.26. The minimum atomic E-state index is -4.33. The van der Waals surface area contributed by atoms with Crippen LogP contribution in [0.4, 0.5) is 10.5 Å². The standard InChI is InChI=1S/C25H19IN2O8S2/c1-15-4-3-5-16(10-15)14-27-24(29)22(37-25(27)30)13-17-11-20(26)23(21(12-17)35-2)36-38(33,34)19-8-6-18(7-9-19)28(31)32/h3-13H,14H2,1-2H3/b22-13-. The monoisotopic (exact) mass is 666 g/mol. The van der Waals surface area contributed by atoms with E-state index in [2.05, 4.69) is 0 Å². The molecule has 2 amide bonds. The second-order valence-corrected chi connectivity index (χ2v) is 11.8. The molecule has 1 aliphatic heterocycles. The SMILES string of the molecule is COc1cc(/C=C2\SC(=O)N(Cc3cccc(C)c3)C2=O)cc(I)c1OS(=O)(=O)c1ccc([N+](=O)[O-])cc1. The Kier molecular flexibility index (Phi) is 8.08. The van der Waals surface area contributed by atoms with Gasteiger partial charge in [0.25, 0.3) is 16.8 Å². The molecule has 3 aromatic carbocycles. The van der Waals surface area contributed by atoms with Gasteiger partial charge in [0.15, 0.2) is 11.5 Å². The fraction of sp³-hybridized carbons (Fsp3) is 0.120. The molecule has 1 saturated heterocycles. The van der Waals surface area contributed by atoms with Crippen molar-refractivity contribution >= 4 is 67.4 Å². The zero-order chi connectivity index (χ0) is 27.6. The summed E-state index contributed by atoms with van der Waals surface area (Å²) in [5, 5.41) is 10.5. The zero-order valence-electron chi connectivity index (χ0n) is 19.9. The number of non-ortho nitro benzene ring substituents is 1. The van der Waals surface area contributed by atoms with Gasteiger partial charge in [0.05, 0.1) is 27.1 Å². The lowest BCUT2D eigenvalue weighted by atomic mass is 10.1. The Morgan fingerprint density at radius 3 is 2.45 bits per heavy atom. The van der Waals surface area contributed by atoms with Crippen LogP contribution in [0, 0.1) is 20.6 Å². The number of ether oxygens (including phenoxy) is 1. The average Bonchev–Trinajstić information content (AvgIpc) is 3.12. The lowest BCUT2D eigenvalue weighted by molar-refractivity contribution is -0.384. The normalized spacial score (nSPS) is 14.7. The number of methoxy groups -OCH3 is 1. The summed E-state index contributed by atoms with van der Waals surface area (Å²) < 4.78 is 36.6. The van der Waals surface area contributed by atoms with Gasteiger partial charge in [-0.15, -0.1) is 0 Å². The first-order chi connectivity index (χ1) is 18.0. The van der Waals surface area contributed by atoms with E-state index in [4.69, 9.17) is 8.92 Å². The van der Waals surface area contributed by atoms with Crippen molar-refractivity contribution < 1.29 is 31.9 Å². The van der Waals surface area contributed by atoms with Gasteiger partial charge in [-0.05, 0) is 82.7 Å². The second kappa shape index (κ2) is 11.1. The summed E-state index contributed by atoms with van der Waals surface area (Å²) in [4.78, 5) is 36.8. The number of hydrogen-bond acceptors (Lipinski definition) is 9. The van der Waals surface area contributed by atoms with E-state index < -0.39 is 26.2 Å². The number of carbonyl (C=O) groups is 2. The Hall–Kier alpha value is -3.43.